The average Bonchev–Trinajstić information content (AvgIpc) is 2.25. The molecule has 0 aliphatic carbocycles. The fourth-order valence-corrected chi connectivity index (χ4v) is 14.4. The number of hydrogen-bond acceptors (Lipinski definition) is 1. The van der Waals surface area contributed by atoms with Gasteiger partial charge in [0, 0.05) is 0 Å². The molecular formula is C18H41Al2N. The molecule has 21 heavy (non-hydrogen) atoms. The first-order valence-corrected chi connectivity index (χ1v) is 13.7. The summed E-state index contributed by atoms with van der Waals surface area (Å²) in [5, 5.41) is 6.08. The first kappa shape index (κ1) is 22.0. The van der Waals surface area contributed by atoms with Crippen LogP contribution in [0, 0.1) is 23.7 Å². The molecule has 0 aliphatic rings. The minimum Gasteiger partial charge on any atom is -0.471 e. The lowest BCUT2D eigenvalue weighted by Crippen LogP contribution is -2.51. The average molecular weight is 325 g/mol. The van der Waals surface area contributed by atoms with Crippen molar-refractivity contribution in [3.63, 3.8) is 0 Å². The van der Waals surface area contributed by atoms with Gasteiger partial charge in [0.15, 0.2) is 0 Å². The van der Waals surface area contributed by atoms with E-state index in [1.807, 2.05) is 0 Å². The van der Waals surface area contributed by atoms with E-state index >= 15 is 0 Å². The summed E-state index contributed by atoms with van der Waals surface area (Å²) in [7, 11) is 0. The van der Waals surface area contributed by atoms with Gasteiger partial charge < -0.3 is 2.87 Å². The molecule has 0 saturated carbocycles. The van der Waals surface area contributed by atoms with Crippen molar-refractivity contribution in [3.8, 4) is 0 Å². The lowest BCUT2D eigenvalue weighted by atomic mass is 10.3. The molecule has 3 heteroatoms. The molecule has 0 fully saturated rings. The fourth-order valence-electron chi connectivity index (χ4n) is 3.73. The summed E-state index contributed by atoms with van der Waals surface area (Å²) in [6.07, 6.45) is 0. The number of hydrogen-bond donors (Lipinski definition) is 0. The lowest BCUT2D eigenvalue weighted by Gasteiger charge is -2.37. The highest BCUT2D eigenvalue weighted by molar-refractivity contribution is 6.72. The molecule has 0 bridgehead atoms. The van der Waals surface area contributed by atoms with Crippen LogP contribution in [-0.2, 0) is 0 Å². The van der Waals surface area contributed by atoms with Crippen molar-refractivity contribution in [3.05, 3.63) is 0 Å². The summed E-state index contributed by atoms with van der Waals surface area (Å²) in [5.41, 5.74) is 0. The molecule has 0 atom stereocenters. The molecular weight excluding hydrogens is 284 g/mol. The van der Waals surface area contributed by atoms with Crippen LogP contribution in [0.1, 0.15) is 62.3 Å². The smallest absolute Gasteiger partial charge is 0.350 e. The lowest BCUT2D eigenvalue weighted by molar-refractivity contribution is 0.572. The largest absolute Gasteiger partial charge is 0.471 e. The Morgan fingerprint density at radius 2 is 0.810 bits per heavy atom. The normalized spacial score (nSPS) is 12.3. The van der Waals surface area contributed by atoms with E-state index in [4.69, 9.17) is 0 Å². The van der Waals surface area contributed by atoms with Gasteiger partial charge >= 0.3 is 28.7 Å². The van der Waals surface area contributed by atoms with Crippen molar-refractivity contribution >= 4 is 28.7 Å². The Morgan fingerprint density at radius 3 is 0.952 bits per heavy atom. The van der Waals surface area contributed by atoms with Crippen molar-refractivity contribution in [1.29, 1.82) is 0 Å². The van der Waals surface area contributed by atoms with E-state index in [0.29, 0.717) is 0 Å². The zero-order chi connectivity index (χ0) is 16.6. The summed E-state index contributed by atoms with van der Waals surface area (Å²) < 4.78 is 3.12. The van der Waals surface area contributed by atoms with Gasteiger partial charge in [-0.3, -0.25) is 0 Å². The van der Waals surface area contributed by atoms with E-state index in [0.717, 1.165) is 23.7 Å². The van der Waals surface area contributed by atoms with Crippen LogP contribution in [0.15, 0.2) is 0 Å². The molecule has 0 N–H and O–H groups in total. The second kappa shape index (κ2) is 11.5. The Morgan fingerprint density at radius 1 is 0.571 bits per heavy atom. The number of nitrogens with zero attached hydrogens (tertiary/aromatic N) is 1. The van der Waals surface area contributed by atoms with E-state index in [9.17, 15) is 0 Å². The van der Waals surface area contributed by atoms with Crippen molar-refractivity contribution in [2.75, 3.05) is 6.54 Å². The highest BCUT2D eigenvalue weighted by atomic mass is 27.3. The van der Waals surface area contributed by atoms with Crippen LogP contribution in [-0.4, -0.2) is 38.2 Å². The van der Waals surface area contributed by atoms with Crippen LogP contribution in [0.3, 0.4) is 0 Å². The maximum absolute atomic E-state index is 3.12. The highest BCUT2D eigenvalue weighted by Crippen LogP contribution is 2.24. The Balaban J connectivity index is 5.09. The molecule has 0 rings (SSSR count). The van der Waals surface area contributed by atoms with Gasteiger partial charge in [0.2, 0.25) is 0 Å². The van der Waals surface area contributed by atoms with Crippen LogP contribution in [0.2, 0.25) is 21.1 Å². The maximum atomic E-state index is 3.12. The van der Waals surface area contributed by atoms with Crippen LogP contribution in [0.4, 0.5) is 0 Å². The van der Waals surface area contributed by atoms with E-state index < -0.39 is 28.7 Å². The monoisotopic (exact) mass is 325 g/mol. The van der Waals surface area contributed by atoms with Crippen molar-refractivity contribution in [2.45, 2.75) is 83.4 Å². The first-order valence-electron chi connectivity index (χ1n) is 9.42. The zero-order valence-corrected chi connectivity index (χ0v) is 18.8. The molecule has 1 nitrogen and oxygen atoms in total. The highest BCUT2D eigenvalue weighted by Gasteiger charge is 2.35. The first-order chi connectivity index (χ1) is 9.67. The Bertz CT molecular complexity index is 208. The van der Waals surface area contributed by atoms with Crippen molar-refractivity contribution in [1.82, 2.24) is 2.87 Å². The third-order valence-electron chi connectivity index (χ3n) is 4.28. The molecule has 0 heterocycles. The molecule has 0 aromatic carbocycles. The quantitative estimate of drug-likeness (QED) is 0.426. The molecule has 0 saturated heterocycles. The molecule has 124 valence electrons. The Hall–Kier alpha value is 1.02. The summed E-state index contributed by atoms with van der Waals surface area (Å²) in [5.74, 6) is 3.51. The summed E-state index contributed by atoms with van der Waals surface area (Å²) in [4.78, 5) is 0. The van der Waals surface area contributed by atoms with Gasteiger partial charge in [0.1, 0.15) is 0 Å². The van der Waals surface area contributed by atoms with Crippen LogP contribution in [0.5, 0.6) is 0 Å². The van der Waals surface area contributed by atoms with Crippen molar-refractivity contribution in [2.24, 2.45) is 23.7 Å². The van der Waals surface area contributed by atoms with Crippen molar-refractivity contribution < 1.29 is 0 Å². The van der Waals surface area contributed by atoms with Gasteiger partial charge in [-0.25, -0.2) is 0 Å². The molecule has 0 aliphatic heterocycles. The predicted octanol–water partition coefficient (Wildman–Crippen LogP) is 5.92. The minimum absolute atomic E-state index is 0.745. The standard InChI is InChI=1S/4C4H9.C2H5N.2Al/c4*1-4(2)3;1-2-3;;/h4*4H,1H2,2-3H3;2H2,1H3;;. The van der Waals surface area contributed by atoms with E-state index in [1.165, 1.54) is 27.7 Å². The molecule has 0 aromatic heterocycles. The predicted molar refractivity (Wildman–Crippen MR) is 102 cm³/mol. The fraction of sp³-hybridized carbons (Fsp3) is 1.00. The molecule has 0 amide bonds. The van der Waals surface area contributed by atoms with Gasteiger partial charge in [-0.15, -0.1) is 0 Å². The SMILES string of the molecule is CC[N]([Al]([CH2]C(C)C)[CH2]C(C)C)[Al]([CH2]C(C)C)[CH2]C(C)C. The maximum Gasteiger partial charge on any atom is 0.350 e. The third-order valence-corrected chi connectivity index (χ3v) is 15.4. The van der Waals surface area contributed by atoms with E-state index in [1.54, 1.807) is 0 Å². The molecule has 0 unspecified atom stereocenters. The van der Waals surface area contributed by atoms with Gasteiger partial charge in [0.25, 0.3) is 0 Å². The van der Waals surface area contributed by atoms with E-state index in [-0.39, 0.29) is 0 Å². The third kappa shape index (κ3) is 10.4. The molecule has 0 spiro atoms. The summed E-state index contributed by atoms with van der Waals surface area (Å²) >= 11 is -1.49. The minimum atomic E-state index is -0.745. The second-order valence-corrected chi connectivity index (χ2v) is 15.1. The van der Waals surface area contributed by atoms with Gasteiger partial charge in [0.05, 0.1) is 0 Å². The van der Waals surface area contributed by atoms with Crippen LogP contribution < -0.4 is 0 Å². The molecule has 0 aromatic rings. The van der Waals surface area contributed by atoms with Gasteiger partial charge in [-0.1, -0.05) is 107 Å². The summed E-state index contributed by atoms with van der Waals surface area (Å²) in [6.45, 7) is 23.2. The van der Waals surface area contributed by atoms with Gasteiger partial charge in [-0.05, 0) is 6.54 Å². The Kier molecular flexibility index (Phi) is 12.1. The van der Waals surface area contributed by atoms with Gasteiger partial charge in [-0.2, -0.15) is 0 Å². The second-order valence-electron chi connectivity index (χ2n) is 8.66. The molecule has 0 radical (unpaired) electrons. The van der Waals surface area contributed by atoms with E-state index in [2.05, 4.69) is 65.2 Å². The Labute approximate surface area is 145 Å². The summed E-state index contributed by atoms with van der Waals surface area (Å²) in [6, 6.07) is 0. The topological polar surface area (TPSA) is 3.24 Å². The zero-order valence-electron chi connectivity index (χ0n) is 16.4. The number of rotatable bonds is 11. The van der Waals surface area contributed by atoms with Crippen LogP contribution in [0.25, 0.3) is 0 Å². The van der Waals surface area contributed by atoms with Crippen LogP contribution >= 0.6 is 0 Å².